The van der Waals surface area contributed by atoms with Crippen molar-refractivity contribution < 1.29 is 4.63 Å². The number of hydrogen-bond donors (Lipinski definition) is 1. The molecule has 15 heavy (non-hydrogen) atoms. The van der Waals surface area contributed by atoms with Crippen LogP contribution in [-0.4, -0.2) is 16.9 Å². The zero-order valence-electron chi connectivity index (χ0n) is 9.33. The fourth-order valence-electron chi connectivity index (χ4n) is 2.20. The summed E-state index contributed by atoms with van der Waals surface area (Å²) < 4.78 is 4.65. The van der Waals surface area contributed by atoms with Crippen LogP contribution in [0.25, 0.3) is 0 Å². The highest BCUT2D eigenvalue weighted by molar-refractivity contribution is 5.03. The van der Waals surface area contributed by atoms with Crippen molar-refractivity contribution in [2.24, 2.45) is 5.92 Å². The lowest BCUT2D eigenvalue weighted by Crippen LogP contribution is -2.24. The number of rotatable bonds is 4. The van der Waals surface area contributed by atoms with Gasteiger partial charge in [0.1, 0.15) is 11.4 Å². The molecular weight excluding hydrogens is 190 g/mol. The van der Waals surface area contributed by atoms with E-state index in [-0.39, 0.29) is 0 Å². The summed E-state index contributed by atoms with van der Waals surface area (Å²) in [5.41, 5.74) is 1.83. The molecule has 84 valence electrons. The SMILES string of the molecule is Cc1nonc1CNCC1CCCCC1. The van der Waals surface area contributed by atoms with Crippen LogP contribution in [0.2, 0.25) is 0 Å². The predicted octanol–water partition coefficient (Wildman–Crippen LogP) is 2.05. The third-order valence-corrected chi connectivity index (χ3v) is 3.20. The first kappa shape index (κ1) is 10.6. The molecule has 1 N–H and O–H groups in total. The van der Waals surface area contributed by atoms with Gasteiger partial charge in [-0.25, -0.2) is 4.63 Å². The van der Waals surface area contributed by atoms with Crippen molar-refractivity contribution in [3.8, 4) is 0 Å². The van der Waals surface area contributed by atoms with Crippen LogP contribution in [0.1, 0.15) is 43.5 Å². The van der Waals surface area contributed by atoms with E-state index in [1.165, 1.54) is 32.1 Å². The Morgan fingerprint density at radius 3 is 2.73 bits per heavy atom. The van der Waals surface area contributed by atoms with Gasteiger partial charge in [0.25, 0.3) is 0 Å². The summed E-state index contributed by atoms with van der Waals surface area (Å²) in [4.78, 5) is 0. The zero-order chi connectivity index (χ0) is 10.5. The van der Waals surface area contributed by atoms with Crippen LogP contribution < -0.4 is 5.32 Å². The van der Waals surface area contributed by atoms with E-state index in [1.807, 2.05) is 6.92 Å². The molecule has 1 aromatic heterocycles. The van der Waals surface area contributed by atoms with Gasteiger partial charge in [-0.15, -0.1) is 0 Å². The molecule has 0 radical (unpaired) electrons. The molecule has 1 aliphatic carbocycles. The van der Waals surface area contributed by atoms with Crippen LogP contribution in [-0.2, 0) is 6.54 Å². The molecule has 0 aromatic carbocycles. The maximum absolute atomic E-state index is 4.65. The van der Waals surface area contributed by atoms with Gasteiger partial charge in [0.2, 0.25) is 0 Å². The topological polar surface area (TPSA) is 51.0 Å². The number of hydrogen-bond acceptors (Lipinski definition) is 4. The predicted molar refractivity (Wildman–Crippen MR) is 57.3 cm³/mol. The maximum atomic E-state index is 4.65. The largest absolute Gasteiger partial charge is 0.311 e. The third kappa shape index (κ3) is 3.02. The molecule has 0 atom stereocenters. The van der Waals surface area contributed by atoms with Gasteiger partial charge in [-0.3, -0.25) is 0 Å². The molecule has 0 unspecified atom stereocenters. The average Bonchev–Trinajstić information content (AvgIpc) is 2.66. The lowest BCUT2D eigenvalue weighted by atomic mass is 9.89. The van der Waals surface area contributed by atoms with Gasteiger partial charge in [0.05, 0.1) is 0 Å². The molecule has 0 amide bonds. The van der Waals surface area contributed by atoms with Crippen molar-refractivity contribution in [2.75, 3.05) is 6.54 Å². The second-order valence-electron chi connectivity index (χ2n) is 4.43. The summed E-state index contributed by atoms with van der Waals surface area (Å²) in [6, 6.07) is 0. The van der Waals surface area contributed by atoms with E-state index in [0.29, 0.717) is 0 Å². The smallest absolute Gasteiger partial charge is 0.121 e. The van der Waals surface area contributed by atoms with Crippen LogP contribution in [0.3, 0.4) is 0 Å². The summed E-state index contributed by atoms with van der Waals surface area (Å²) in [5.74, 6) is 0.860. The summed E-state index contributed by atoms with van der Waals surface area (Å²) in [5, 5.41) is 11.0. The van der Waals surface area contributed by atoms with E-state index in [2.05, 4.69) is 20.3 Å². The fraction of sp³-hybridized carbons (Fsp3) is 0.818. The normalized spacial score (nSPS) is 18.2. The first-order valence-electron chi connectivity index (χ1n) is 5.85. The summed E-state index contributed by atoms with van der Waals surface area (Å²) >= 11 is 0. The van der Waals surface area contributed by atoms with Crippen molar-refractivity contribution in [3.63, 3.8) is 0 Å². The zero-order valence-corrected chi connectivity index (χ0v) is 9.33. The molecule has 4 nitrogen and oxygen atoms in total. The highest BCUT2D eigenvalue weighted by Crippen LogP contribution is 2.22. The second-order valence-corrected chi connectivity index (χ2v) is 4.43. The van der Waals surface area contributed by atoms with Gasteiger partial charge in [-0.2, -0.15) is 0 Å². The number of nitrogens with one attached hydrogen (secondary N) is 1. The molecular formula is C11H19N3O. The molecule has 0 saturated heterocycles. The highest BCUT2D eigenvalue weighted by atomic mass is 16.6. The van der Waals surface area contributed by atoms with E-state index in [0.717, 1.165) is 30.4 Å². The van der Waals surface area contributed by atoms with Gasteiger partial charge in [-0.05, 0) is 32.2 Å². The van der Waals surface area contributed by atoms with Crippen molar-refractivity contribution in [1.29, 1.82) is 0 Å². The van der Waals surface area contributed by atoms with Gasteiger partial charge in [0.15, 0.2) is 0 Å². The Morgan fingerprint density at radius 2 is 2.07 bits per heavy atom. The Balaban J connectivity index is 1.68. The van der Waals surface area contributed by atoms with Gasteiger partial charge in [0, 0.05) is 6.54 Å². The van der Waals surface area contributed by atoms with Crippen molar-refractivity contribution in [1.82, 2.24) is 15.6 Å². The highest BCUT2D eigenvalue weighted by Gasteiger charge is 2.13. The minimum atomic E-state index is 0.784. The lowest BCUT2D eigenvalue weighted by Gasteiger charge is -2.21. The van der Waals surface area contributed by atoms with E-state index < -0.39 is 0 Å². The molecule has 0 bridgehead atoms. The summed E-state index contributed by atoms with van der Waals surface area (Å²) in [7, 11) is 0. The van der Waals surface area contributed by atoms with Crippen LogP contribution in [0.15, 0.2) is 4.63 Å². The van der Waals surface area contributed by atoms with Crippen LogP contribution in [0.4, 0.5) is 0 Å². The molecule has 4 heteroatoms. The van der Waals surface area contributed by atoms with Crippen molar-refractivity contribution in [2.45, 2.75) is 45.6 Å². The maximum Gasteiger partial charge on any atom is 0.121 e. The van der Waals surface area contributed by atoms with Crippen molar-refractivity contribution >= 4 is 0 Å². The van der Waals surface area contributed by atoms with Crippen LogP contribution >= 0.6 is 0 Å². The fourth-order valence-corrected chi connectivity index (χ4v) is 2.20. The standard InChI is InChI=1S/C11H19N3O/c1-9-11(14-15-13-9)8-12-7-10-5-3-2-4-6-10/h10,12H,2-8H2,1H3. The molecule has 0 aliphatic heterocycles. The molecule has 1 aromatic rings. The second kappa shape index (κ2) is 5.26. The molecule has 2 rings (SSSR count). The number of aryl methyl sites for hydroxylation is 1. The van der Waals surface area contributed by atoms with E-state index in [9.17, 15) is 0 Å². The molecule has 1 heterocycles. The number of aromatic nitrogens is 2. The van der Waals surface area contributed by atoms with Crippen molar-refractivity contribution in [3.05, 3.63) is 11.4 Å². The minimum Gasteiger partial charge on any atom is -0.311 e. The molecule has 1 fully saturated rings. The van der Waals surface area contributed by atoms with Gasteiger partial charge < -0.3 is 5.32 Å². The lowest BCUT2D eigenvalue weighted by molar-refractivity contribution is 0.298. The minimum absolute atomic E-state index is 0.784. The Hall–Kier alpha value is -0.900. The molecule has 1 saturated carbocycles. The monoisotopic (exact) mass is 209 g/mol. The van der Waals surface area contributed by atoms with Crippen LogP contribution in [0, 0.1) is 12.8 Å². The van der Waals surface area contributed by atoms with E-state index in [4.69, 9.17) is 0 Å². The summed E-state index contributed by atoms with van der Waals surface area (Å²) in [6.45, 7) is 3.81. The first-order valence-corrected chi connectivity index (χ1v) is 5.85. The quantitative estimate of drug-likeness (QED) is 0.824. The Labute approximate surface area is 90.4 Å². The summed E-state index contributed by atoms with van der Waals surface area (Å²) in [6.07, 6.45) is 6.97. The van der Waals surface area contributed by atoms with E-state index >= 15 is 0 Å². The third-order valence-electron chi connectivity index (χ3n) is 3.20. The number of nitrogens with zero attached hydrogens (tertiary/aromatic N) is 2. The molecule has 1 aliphatic rings. The first-order chi connectivity index (χ1) is 7.36. The van der Waals surface area contributed by atoms with Crippen LogP contribution in [0.5, 0.6) is 0 Å². The Kier molecular flexibility index (Phi) is 3.72. The average molecular weight is 209 g/mol. The Bertz CT molecular complexity index is 292. The molecule has 0 spiro atoms. The Morgan fingerprint density at radius 1 is 1.27 bits per heavy atom. The van der Waals surface area contributed by atoms with Gasteiger partial charge >= 0.3 is 0 Å². The van der Waals surface area contributed by atoms with Gasteiger partial charge in [-0.1, -0.05) is 29.6 Å². The van der Waals surface area contributed by atoms with E-state index in [1.54, 1.807) is 0 Å².